The van der Waals surface area contributed by atoms with Crippen molar-refractivity contribution in [2.75, 3.05) is 52.5 Å². The summed E-state index contributed by atoms with van der Waals surface area (Å²) in [5.74, 6) is 1.20. The van der Waals surface area contributed by atoms with Gasteiger partial charge in [-0.3, -0.25) is 9.69 Å². The van der Waals surface area contributed by atoms with Crippen LogP contribution in [0.15, 0.2) is 24.3 Å². The van der Waals surface area contributed by atoms with Crippen LogP contribution in [0.3, 0.4) is 0 Å². The average Bonchev–Trinajstić information content (AvgIpc) is 3.01. The zero-order chi connectivity index (χ0) is 17.9. The smallest absolute Gasteiger partial charge is 0.244 e. The number of carbonyl (C=O) groups excluding carboxylic acids is 1. The molecule has 8 heteroatoms. The molecule has 1 aromatic rings. The Hall–Kier alpha value is -0.920. The SMILES string of the molecule is Cl.Cl.O=C(C(c1cccc(F)c1)N1CCOCC1)N1CC[C@@H]2CNC[C@@H]2CC1. The molecule has 28 heavy (non-hydrogen) atoms. The predicted octanol–water partition coefficient (Wildman–Crippen LogP) is 2.50. The quantitative estimate of drug-likeness (QED) is 0.794. The number of fused-ring (bicyclic) bond motifs is 1. The number of ether oxygens (including phenoxy) is 1. The third kappa shape index (κ3) is 5.16. The van der Waals surface area contributed by atoms with E-state index in [0.29, 0.717) is 38.1 Å². The number of nitrogens with one attached hydrogen (secondary N) is 1. The first kappa shape index (κ1) is 23.4. The second-order valence-electron chi connectivity index (χ2n) is 7.69. The number of likely N-dealkylation sites (tertiary alicyclic amines) is 1. The van der Waals surface area contributed by atoms with Gasteiger partial charge < -0.3 is 15.0 Å². The largest absolute Gasteiger partial charge is 0.379 e. The van der Waals surface area contributed by atoms with Gasteiger partial charge in [-0.05, 0) is 55.5 Å². The summed E-state index contributed by atoms with van der Waals surface area (Å²) in [5.41, 5.74) is 0.753. The molecule has 3 saturated heterocycles. The second kappa shape index (κ2) is 10.7. The number of hydrogen-bond donors (Lipinski definition) is 1. The van der Waals surface area contributed by atoms with Gasteiger partial charge in [0, 0.05) is 26.2 Å². The minimum atomic E-state index is -0.411. The summed E-state index contributed by atoms with van der Waals surface area (Å²) in [5, 5.41) is 3.48. The van der Waals surface area contributed by atoms with Crippen LogP contribution in [0, 0.1) is 17.7 Å². The third-order valence-electron chi connectivity index (χ3n) is 6.14. The van der Waals surface area contributed by atoms with Gasteiger partial charge >= 0.3 is 0 Å². The Labute approximate surface area is 178 Å². The molecule has 0 aliphatic carbocycles. The molecule has 0 radical (unpaired) electrons. The Morgan fingerprint density at radius 1 is 1.07 bits per heavy atom. The van der Waals surface area contributed by atoms with Gasteiger partial charge in [0.2, 0.25) is 5.91 Å². The maximum atomic E-state index is 13.8. The van der Waals surface area contributed by atoms with Crippen molar-refractivity contribution in [2.24, 2.45) is 11.8 Å². The summed E-state index contributed by atoms with van der Waals surface area (Å²) >= 11 is 0. The van der Waals surface area contributed by atoms with E-state index in [4.69, 9.17) is 4.74 Å². The second-order valence-corrected chi connectivity index (χ2v) is 7.69. The highest BCUT2D eigenvalue weighted by molar-refractivity contribution is 5.85. The summed E-state index contributed by atoms with van der Waals surface area (Å²) in [6.45, 7) is 6.40. The molecule has 1 amide bonds. The van der Waals surface area contributed by atoms with Crippen LogP contribution in [0.4, 0.5) is 4.39 Å². The van der Waals surface area contributed by atoms with Gasteiger partial charge in [-0.1, -0.05) is 12.1 Å². The van der Waals surface area contributed by atoms with Crippen molar-refractivity contribution in [3.8, 4) is 0 Å². The number of amides is 1. The van der Waals surface area contributed by atoms with Crippen molar-refractivity contribution in [1.82, 2.24) is 15.1 Å². The average molecular weight is 434 g/mol. The maximum absolute atomic E-state index is 13.8. The normalized spacial score (nSPS) is 26.4. The zero-order valence-electron chi connectivity index (χ0n) is 16.0. The molecule has 0 aromatic heterocycles. The first-order chi connectivity index (χ1) is 12.7. The standard InChI is InChI=1S/C20H28FN3O2.2ClH/c21-18-3-1-2-15(12-18)19(23-8-10-26-11-9-23)20(25)24-6-4-16-13-22-14-17(16)5-7-24;;/h1-3,12,16-17,19,22H,4-11,13-14H2;2*1H/t16-,17+,19?;;. The number of nitrogens with zero attached hydrogens (tertiary/aromatic N) is 2. The van der Waals surface area contributed by atoms with E-state index in [0.717, 1.165) is 44.6 Å². The first-order valence-corrected chi connectivity index (χ1v) is 9.79. The summed E-state index contributed by atoms with van der Waals surface area (Å²) in [4.78, 5) is 17.7. The first-order valence-electron chi connectivity index (χ1n) is 9.79. The Kier molecular flexibility index (Phi) is 8.96. The molecular formula is C20H30Cl2FN3O2. The van der Waals surface area contributed by atoms with Crippen LogP contribution in [0.5, 0.6) is 0 Å². The highest BCUT2D eigenvalue weighted by atomic mass is 35.5. The van der Waals surface area contributed by atoms with Crippen LogP contribution in [-0.4, -0.2) is 68.2 Å². The Bertz CT molecular complexity index is 632. The summed E-state index contributed by atoms with van der Waals surface area (Å²) < 4.78 is 19.3. The summed E-state index contributed by atoms with van der Waals surface area (Å²) in [6, 6.07) is 6.10. The van der Waals surface area contributed by atoms with E-state index in [1.165, 1.54) is 12.1 Å². The molecule has 0 spiro atoms. The van der Waals surface area contributed by atoms with E-state index in [9.17, 15) is 9.18 Å². The van der Waals surface area contributed by atoms with Gasteiger partial charge in [0.05, 0.1) is 13.2 Å². The molecule has 3 heterocycles. The van der Waals surface area contributed by atoms with E-state index < -0.39 is 6.04 Å². The van der Waals surface area contributed by atoms with Gasteiger partial charge in [0.15, 0.2) is 0 Å². The highest BCUT2D eigenvalue weighted by Gasteiger charge is 2.36. The molecule has 3 aliphatic rings. The maximum Gasteiger partial charge on any atom is 0.244 e. The fraction of sp³-hybridized carbons (Fsp3) is 0.650. The lowest BCUT2D eigenvalue weighted by molar-refractivity contribution is -0.139. The molecule has 4 rings (SSSR count). The molecule has 1 aromatic carbocycles. The highest BCUT2D eigenvalue weighted by Crippen LogP contribution is 2.30. The van der Waals surface area contributed by atoms with Crippen molar-refractivity contribution >= 4 is 30.7 Å². The zero-order valence-corrected chi connectivity index (χ0v) is 17.7. The minimum Gasteiger partial charge on any atom is -0.379 e. The molecule has 0 bridgehead atoms. The van der Waals surface area contributed by atoms with E-state index in [2.05, 4.69) is 10.2 Å². The van der Waals surface area contributed by atoms with E-state index >= 15 is 0 Å². The molecule has 1 N–H and O–H groups in total. The lowest BCUT2D eigenvalue weighted by atomic mass is 9.92. The molecule has 0 saturated carbocycles. The van der Waals surface area contributed by atoms with Crippen LogP contribution in [-0.2, 0) is 9.53 Å². The molecule has 5 nitrogen and oxygen atoms in total. The van der Waals surface area contributed by atoms with Crippen LogP contribution in [0.2, 0.25) is 0 Å². The van der Waals surface area contributed by atoms with E-state index in [1.54, 1.807) is 6.07 Å². The van der Waals surface area contributed by atoms with Crippen LogP contribution in [0.25, 0.3) is 0 Å². The van der Waals surface area contributed by atoms with Gasteiger partial charge in [-0.25, -0.2) is 4.39 Å². The topological polar surface area (TPSA) is 44.8 Å². The van der Waals surface area contributed by atoms with Gasteiger partial charge in [0.1, 0.15) is 11.9 Å². The lowest BCUT2D eigenvalue weighted by Crippen LogP contribution is -2.47. The number of benzene rings is 1. The van der Waals surface area contributed by atoms with Crippen molar-refractivity contribution in [2.45, 2.75) is 18.9 Å². The lowest BCUT2D eigenvalue weighted by Gasteiger charge is -2.36. The number of hydrogen-bond acceptors (Lipinski definition) is 4. The van der Waals surface area contributed by atoms with Gasteiger partial charge in [-0.2, -0.15) is 0 Å². The Morgan fingerprint density at radius 3 is 2.32 bits per heavy atom. The number of halogens is 3. The van der Waals surface area contributed by atoms with Crippen molar-refractivity contribution < 1.29 is 13.9 Å². The van der Waals surface area contributed by atoms with Gasteiger partial charge in [-0.15, -0.1) is 24.8 Å². The third-order valence-corrected chi connectivity index (χ3v) is 6.14. The monoisotopic (exact) mass is 433 g/mol. The Balaban J connectivity index is 0.00000140. The minimum absolute atomic E-state index is 0. The van der Waals surface area contributed by atoms with Crippen LogP contribution >= 0.6 is 24.8 Å². The molecule has 3 atom stereocenters. The summed E-state index contributed by atoms with van der Waals surface area (Å²) in [7, 11) is 0. The molecule has 1 unspecified atom stereocenters. The van der Waals surface area contributed by atoms with Crippen molar-refractivity contribution in [1.29, 1.82) is 0 Å². The van der Waals surface area contributed by atoms with Crippen LogP contribution in [0.1, 0.15) is 24.4 Å². The van der Waals surface area contributed by atoms with E-state index in [1.807, 2.05) is 11.0 Å². The fourth-order valence-corrected chi connectivity index (χ4v) is 4.63. The van der Waals surface area contributed by atoms with E-state index in [-0.39, 0.29) is 36.5 Å². The Morgan fingerprint density at radius 2 is 1.71 bits per heavy atom. The number of carbonyl (C=O) groups is 1. The van der Waals surface area contributed by atoms with Gasteiger partial charge in [0.25, 0.3) is 0 Å². The number of morpholine rings is 1. The van der Waals surface area contributed by atoms with Crippen molar-refractivity contribution in [3.63, 3.8) is 0 Å². The van der Waals surface area contributed by atoms with Crippen molar-refractivity contribution in [3.05, 3.63) is 35.6 Å². The fourth-order valence-electron chi connectivity index (χ4n) is 4.63. The molecule has 3 aliphatic heterocycles. The molecule has 158 valence electrons. The number of rotatable bonds is 3. The molecular weight excluding hydrogens is 404 g/mol. The summed E-state index contributed by atoms with van der Waals surface area (Å²) in [6.07, 6.45) is 2.12. The molecule has 3 fully saturated rings. The van der Waals surface area contributed by atoms with Crippen LogP contribution < -0.4 is 5.32 Å². The predicted molar refractivity (Wildman–Crippen MR) is 112 cm³/mol.